The van der Waals surface area contributed by atoms with E-state index in [9.17, 15) is 0 Å². The van der Waals surface area contributed by atoms with Gasteiger partial charge in [-0.2, -0.15) is 5.10 Å². The summed E-state index contributed by atoms with van der Waals surface area (Å²) in [4.78, 5) is 2.23. The zero-order valence-electron chi connectivity index (χ0n) is 10.2. The Bertz CT molecular complexity index is 304. The minimum absolute atomic E-state index is 0.219. The molecular formula is C11H22N4. The van der Waals surface area contributed by atoms with E-state index in [0.29, 0.717) is 0 Å². The topological polar surface area (TPSA) is 47.1 Å². The number of rotatable bonds is 5. The van der Waals surface area contributed by atoms with Crippen LogP contribution in [0.5, 0.6) is 0 Å². The molecule has 1 rings (SSSR count). The van der Waals surface area contributed by atoms with Crippen molar-refractivity contribution in [2.24, 2.45) is 5.73 Å². The molecule has 1 aromatic rings. The molecule has 4 nitrogen and oxygen atoms in total. The van der Waals surface area contributed by atoms with Gasteiger partial charge < -0.3 is 10.6 Å². The highest BCUT2D eigenvalue weighted by molar-refractivity contribution is 5.15. The lowest BCUT2D eigenvalue weighted by Crippen LogP contribution is -2.32. The van der Waals surface area contributed by atoms with Gasteiger partial charge in [0.25, 0.3) is 0 Å². The molecule has 0 spiro atoms. The van der Waals surface area contributed by atoms with E-state index in [2.05, 4.69) is 30.9 Å². The van der Waals surface area contributed by atoms with Gasteiger partial charge in [0.15, 0.2) is 0 Å². The third-order valence-electron chi connectivity index (χ3n) is 2.54. The number of nitrogens with zero attached hydrogens (tertiary/aromatic N) is 3. The second-order valence-electron chi connectivity index (χ2n) is 4.25. The van der Waals surface area contributed by atoms with Gasteiger partial charge in [-0.15, -0.1) is 0 Å². The van der Waals surface area contributed by atoms with Crippen LogP contribution < -0.4 is 5.73 Å². The van der Waals surface area contributed by atoms with Crippen molar-refractivity contribution in [3.05, 3.63) is 17.5 Å². The molecule has 0 bridgehead atoms. The van der Waals surface area contributed by atoms with Gasteiger partial charge in [-0.1, -0.05) is 0 Å². The van der Waals surface area contributed by atoms with Gasteiger partial charge in [0.1, 0.15) is 0 Å². The standard InChI is InChI=1S/C11H22N4/c1-5-15-10(3)11(6-13-15)8-14(4)7-9(2)12/h6,9H,5,7-8,12H2,1-4H3/t9-/m1/s1. The highest BCUT2D eigenvalue weighted by atomic mass is 15.3. The van der Waals surface area contributed by atoms with E-state index in [-0.39, 0.29) is 6.04 Å². The zero-order chi connectivity index (χ0) is 11.4. The van der Waals surface area contributed by atoms with Crippen LogP contribution in [0.1, 0.15) is 25.1 Å². The Morgan fingerprint density at radius 1 is 1.60 bits per heavy atom. The smallest absolute Gasteiger partial charge is 0.0537 e. The summed E-state index contributed by atoms with van der Waals surface area (Å²) in [5.74, 6) is 0. The number of aromatic nitrogens is 2. The second-order valence-corrected chi connectivity index (χ2v) is 4.25. The Labute approximate surface area is 92.1 Å². The molecule has 86 valence electrons. The Hall–Kier alpha value is -0.870. The molecule has 0 aliphatic carbocycles. The molecule has 0 unspecified atom stereocenters. The number of aryl methyl sites for hydroxylation is 1. The number of hydrogen-bond acceptors (Lipinski definition) is 3. The molecule has 2 N–H and O–H groups in total. The average Bonchev–Trinajstić information content (AvgIpc) is 2.46. The molecule has 1 heterocycles. The van der Waals surface area contributed by atoms with Crippen molar-refractivity contribution in [2.75, 3.05) is 13.6 Å². The van der Waals surface area contributed by atoms with Crippen LogP contribution in [-0.2, 0) is 13.1 Å². The molecule has 0 radical (unpaired) electrons. The van der Waals surface area contributed by atoms with Crippen LogP contribution in [0.25, 0.3) is 0 Å². The van der Waals surface area contributed by atoms with Crippen LogP contribution in [0.2, 0.25) is 0 Å². The minimum atomic E-state index is 0.219. The first-order valence-corrected chi connectivity index (χ1v) is 5.50. The molecule has 4 heteroatoms. The largest absolute Gasteiger partial charge is 0.327 e. The first kappa shape index (κ1) is 12.2. The van der Waals surface area contributed by atoms with Crippen LogP contribution in [0.4, 0.5) is 0 Å². The Balaban J connectivity index is 2.60. The van der Waals surface area contributed by atoms with E-state index < -0.39 is 0 Å². The third kappa shape index (κ3) is 3.32. The van der Waals surface area contributed by atoms with Gasteiger partial charge in [-0.25, -0.2) is 0 Å². The third-order valence-corrected chi connectivity index (χ3v) is 2.54. The molecule has 0 aliphatic heterocycles. The summed E-state index contributed by atoms with van der Waals surface area (Å²) in [5, 5.41) is 4.33. The second kappa shape index (κ2) is 5.28. The Morgan fingerprint density at radius 3 is 2.73 bits per heavy atom. The average molecular weight is 210 g/mol. The van der Waals surface area contributed by atoms with Gasteiger partial charge in [-0.05, 0) is 27.8 Å². The van der Waals surface area contributed by atoms with E-state index in [1.807, 2.05) is 17.8 Å². The maximum absolute atomic E-state index is 5.75. The van der Waals surface area contributed by atoms with Crippen molar-refractivity contribution in [1.82, 2.24) is 14.7 Å². The highest BCUT2D eigenvalue weighted by Gasteiger charge is 2.08. The van der Waals surface area contributed by atoms with Crippen molar-refractivity contribution in [2.45, 2.75) is 39.9 Å². The quantitative estimate of drug-likeness (QED) is 0.788. The van der Waals surface area contributed by atoms with Crippen molar-refractivity contribution < 1.29 is 0 Å². The SMILES string of the molecule is CCn1ncc(CN(C)C[C@@H](C)N)c1C. The normalized spacial score (nSPS) is 13.5. The van der Waals surface area contributed by atoms with Crippen molar-refractivity contribution >= 4 is 0 Å². The van der Waals surface area contributed by atoms with E-state index in [1.165, 1.54) is 11.3 Å². The van der Waals surface area contributed by atoms with Gasteiger partial charge in [0.2, 0.25) is 0 Å². The van der Waals surface area contributed by atoms with Crippen LogP contribution >= 0.6 is 0 Å². The van der Waals surface area contributed by atoms with Gasteiger partial charge >= 0.3 is 0 Å². The number of likely N-dealkylation sites (N-methyl/N-ethyl adjacent to an activating group) is 1. The monoisotopic (exact) mass is 210 g/mol. The minimum Gasteiger partial charge on any atom is -0.327 e. The molecule has 0 aliphatic rings. The molecule has 0 saturated carbocycles. The van der Waals surface area contributed by atoms with Gasteiger partial charge in [-0.3, -0.25) is 4.68 Å². The highest BCUT2D eigenvalue weighted by Crippen LogP contribution is 2.09. The number of hydrogen-bond donors (Lipinski definition) is 1. The van der Waals surface area contributed by atoms with E-state index in [0.717, 1.165) is 19.6 Å². The van der Waals surface area contributed by atoms with E-state index in [4.69, 9.17) is 5.73 Å². The molecule has 1 atom stereocenters. The predicted octanol–water partition coefficient (Wildman–Crippen LogP) is 0.990. The van der Waals surface area contributed by atoms with Crippen LogP contribution in [0.3, 0.4) is 0 Å². The first-order chi connectivity index (χ1) is 7.04. The Morgan fingerprint density at radius 2 is 2.27 bits per heavy atom. The summed E-state index contributed by atoms with van der Waals surface area (Å²) < 4.78 is 2.02. The fourth-order valence-electron chi connectivity index (χ4n) is 1.81. The predicted molar refractivity (Wildman–Crippen MR) is 62.6 cm³/mol. The van der Waals surface area contributed by atoms with Gasteiger partial charge in [0.05, 0.1) is 6.20 Å². The summed E-state index contributed by atoms with van der Waals surface area (Å²) in [6.07, 6.45) is 1.95. The zero-order valence-corrected chi connectivity index (χ0v) is 10.2. The Kier molecular flexibility index (Phi) is 4.29. The maximum atomic E-state index is 5.75. The molecule has 1 aromatic heterocycles. The lowest BCUT2D eigenvalue weighted by atomic mass is 10.2. The molecule has 0 amide bonds. The summed E-state index contributed by atoms with van der Waals surface area (Å²) in [7, 11) is 2.09. The van der Waals surface area contributed by atoms with Crippen LogP contribution in [0, 0.1) is 6.92 Å². The van der Waals surface area contributed by atoms with Gasteiger partial charge in [0, 0.05) is 36.9 Å². The van der Waals surface area contributed by atoms with Crippen molar-refractivity contribution in [1.29, 1.82) is 0 Å². The summed E-state index contributed by atoms with van der Waals surface area (Å²) in [6.45, 7) is 9.02. The molecule has 0 fully saturated rings. The lowest BCUT2D eigenvalue weighted by molar-refractivity contribution is 0.309. The van der Waals surface area contributed by atoms with Crippen LogP contribution in [0.15, 0.2) is 6.20 Å². The number of nitrogens with two attached hydrogens (primary N) is 1. The maximum Gasteiger partial charge on any atom is 0.0537 e. The molecule has 0 aromatic carbocycles. The summed E-state index contributed by atoms with van der Waals surface area (Å²) in [6, 6.07) is 0.219. The fourth-order valence-corrected chi connectivity index (χ4v) is 1.81. The van der Waals surface area contributed by atoms with Crippen LogP contribution in [-0.4, -0.2) is 34.3 Å². The van der Waals surface area contributed by atoms with E-state index in [1.54, 1.807) is 0 Å². The summed E-state index contributed by atoms with van der Waals surface area (Å²) >= 11 is 0. The summed E-state index contributed by atoms with van der Waals surface area (Å²) in [5.41, 5.74) is 8.30. The first-order valence-electron chi connectivity index (χ1n) is 5.50. The molecule has 0 saturated heterocycles. The molecule has 15 heavy (non-hydrogen) atoms. The van der Waals surface area contributed by atoms with Crippen molar-refractivity contribution in [3.8, 4) is 0 Å². The lowest BCUT2D eigenvalue weighted by Gasteiger charge is -2.18. The fraction of sp³-hybridized carbons (Fsp3) is 0.727. The van der Waals surface area contributed by atoms with Crippen molar-refractivity contribution in [3.63, 3.8) is 0 Å². The molecular weight excluding hydrogens is 188 g/mol. The van der Waals surface area contributed by atoms with E-state index >= 15 is 0 Å².